The Morgan fingerprint density at radius 2 is 1.91 bits per heavy atom. The van der Waals surface area contributed by atoms with Crippen molar-refractivity contribution in [3.05, 3.63) is 35.6 Å². The van der Waals surface area contributed by atoms with Crippen LogP contribution in [0.1, 0.15) is 38.9 Å². The van der Waals surface area contributed by atoms with Gasteiger partial charge in [-0.2, -0.15) is 0 Å². The molecule has 0 aliphatic carbocycles. The van der Waals surface area contributed by atoms with Crippen molar-refractivity contribution in [1.29, 1.82) is 0 Å². The molecule has 0 aliphatic rings. The van der Waals surface area contributed by atoms with Crippen LogP contribution in [0.25, 0.3) is 0 Å². The highest BCUT2D eigenvalue weighted by molar-refractivity contribution is 7.92. The van der Waals surface area contributed by atoms with Crippen LogP contribution in [0.2, 0.25) is 0 Å². The zero-order valence-corrected chi connectivity index (χ0v) is 13.7. The molecule has 1 aromatic rings. The first-order valence-electron chi connectivity index (χ1n) is 6.85. The fourth-order valence-electron chi connectivity index (χ4n) is 1.81. The van der Waals surface area contributed by atoms with Gasteiger partial charge in [0.2, 0.25) is 0 Å². The first-order chi connectivity index (χ1) is 10.0. The Morgan fingerprint density at radius 1 is 1.32 bits per heavy atom. The van der Waals surface area contributed by atoms with E-state index in [9.17, 15) is 22.7 Å². The fraction of sp³-hybridized carbons (Fsp3) is 0.533. The lowest BCUT2D eigenvalue weighted by Gasteiger charge is -2.19. The Hall–Kier alpha value is -1.47. The summed E-state index contributed by atoms with van der Waals surface area (Å²) in [5.41, 5.74) is -0.728. The molecule has 0 saturated heterocycles. The smallest absolute Gasteiger partial charge is 0.321 e. The van der Waals surface area contributed by atoms with Gasteiger partial charge in [-0.25, -0.2) is 12.8 Å². The summed E-state index contributed by atoms with van der Waals surface area (Å²) >= 11 is 0. The van der Waals surface area contributed by atoms with E-state index >= 15 is 0 Å². The van der Waals surface area contributed by atoms with Gasteiger partial charge in [0.05, 0.1) is 11.9 Å². The molecule has 1 N–H and O–H groups in total. The van der Waals surface area contributed by atoms with Crippen molar-refractivity contribution in [3.63, 3.8) is 0 Å². The maximum absolute atomic E-state index is 13.5. The van der Waals surface area contributed by atoms with E-state index in [0.29, 0.717) is 0 Å². The summed E-state index contributed by atoms with van der Waals surface area (Å²) in [7, 11) is -3.73. The lowest BCUT2D eigenvalue weighted by Crippen LogP contribution is -2.29. The predicted octanol–water partition coefficient (Wildman–Crippen LogP) is 2.01. The van der Waals surface area contributed by atoms with E-state index in [1.54, 1.807) is 26.8 Å². The molecule has 0 spiro atoms. The summed E-state index contributed by atoms with van der Waals surface area (Å²) in [6.07, 6.45) is -1.43. The van der Waals surface area contributed by atoms with Gasteiger partial charge in [-0.3, -0.25) is 4.79 Å². The second-order valence-corrected chi connectivity index (χ2v) is 8.19. The molecule has 22 heavy (non-hydrogen) atoms. The standard InChI is InChI=1S/C15H21FO5S/c1-15(2,3)21-14(18)10-22(19,20)9-8-13(17)11-6-4-5-7-12(11)16/h4-7,13,17H,8-10H2,1-3H3. The molecule has 0 bridgehead atoms. The molecule has 0 aliphatic heterocycles. The molecular formula is C15H21FO5S. The van der Waals surface area contributed by atoms with E-state index in [0.717, 1.165) is 0 Å². The third-order valence-corrected chi connectivity index (χ3v) is 4.26. The van der Waals surface area contributed by atoms with Gasteiger partial charge < -0.3 is 9.84 Å². The number of aliphatic hydroxyl groups excluding tert-OH is 1. The van der Waals surface area contributed by atoms with Crippen LogP contribution < -0.4 is 0 Å². The first kappa shape index (κ1) is 18.6. The maximum atomic E-state index is 13.5. The number of hydrogen-bond acceptors (Lipinski definition) is 5. The average Bonchev–Trinajstić information content (AvgIpc) is 2.33. The molecule has 1 aromatic carbocycles. The minimum atomic E-state index is -3.73. The quantitative estimate of drug-likeness (QED) is 0.806. The number of halogens is 1. The molecule has 0 aromatic heterocycles. The molecular weight excluding hydrogens is 311 g/mol. The number of sulfone groups is 1. The molecule has 1 rings (SSSR count). The Morgan fingerprint density at radius 3 is 2.45 bits per heavy atom. The van der Waals surface area contributed by atoms with Gasteiger partial charge in [0.15, 0.2) is 9.84 Å². The van der Waals surface area contributed by atoms with E-state index in [1.807, 2.05) is 0 Å². The number of benzene rings is 1. The topological polar surface area (TPSA) is 80.7 Å². The van der Waals surface area contributed by atoms with Crippen LogP contribution >= 0.6 is 0 Å². The zero-order chi connectivity index (χ0) is 17.0. The van der Waals surface area contributed by atoms with Crippen molar-refractivity contribution in [2.45, 2.75) is 38.9 Å². The van der Waals surface area contributed by atoms with Crippen LogP contribution in [-0.4, -0.2) is 36.6 Å². The third-order valence-electron chi connectivity index (χ3n) is 2.72. The van der Waals surface area contributed by atoms with Gasteiger partial charge in [-0.05, 0) is 33.3 Å². The Labute approximate surface area is 130 Å². The monoisotopic (exact) mass is 332 g/mol. The lowest BCUT2D eigenvalue weighted by molar-refractivity contribution is -0.151. The number of hydrogen-bond donors (Lipinski definition) is 1. The van der Waals surface area contributed by atoms with Gasteiger partial charge >= 0.3 is 5.97 Å². The van der Waals surface area contributed by atoms with Crippen molar-refractivity contribution in [1.82, 2.24) is 0 Å². The lowest BCUT2D eigenvalue weighted by atomic mass is 10.1. The highest BCUT2D eigenvalue weighted by atomic mass is 32.2. The van der Waals surface area contributed by atoms with E-state index in [4.69, 9.17) is 4.74 Å². The van der Waals surface area contributed by atoms with Crippen molar-refractivity contribution in [3.8, 4) is 0 Å². The molecule has 0 saturated carbocycles. The first-order valence-corrected chi connectivity index (χ1v) is 8.67. The summed E-state index contributed by atoms with van der Waals surface area (Å²) in [5, 5.41) is 9.86. The van der Waals surface area contributed by atoms with Crippen molar-refractivity contribution in [2.24, 2.45) is 0 Å². The minimum Gasteiger partial charge on any atom is -0.459 e. The molecule has 7 heteroatoms. The number of aliphatic hydroxyl groups is 1. The van der Waals surface area contributed by atoms with Crippen molar-refractivity contribution in [2.75, 3.05) is 11.5 Å². The number of carbonyl (C=O) groups excluding carboxylic acids is 1. The largest absolute Gasteiger partial charge is 0.459 e. The number of rotatable bonds is 6. The minimum absolute atomic E-state index is 0.0370. The Kier molecular flexibility index (Phi) is 6.08. The second-order valence-electron chi connectivity index (χ2n) is 6.00. The average molecular weight is 332 g/mol. The van der Waals surface area contributed by atoms with Crippen LogP contribution in [0.15, 0.2) is 24.3 Å². The fourth-order valence-corrected chi connectivity index (χ4v) is 2.96. The Bertz CT molecular complexity index is 619. The van der Waals surface area contributed by atoms with Gasteiger partial charge in [0.1, 0.15) is 17.2 Å². The van der Waals surface area contributed by atoms with Crippen molar-refractivity contribution < 1.29 is 27.4 Å². The number of esters is 1. The molecule has 0 amide bonds. The molecule has 0 radical (unpaired) electrons. The number of ether oxygens (including phenoxy) is 1. The molecule has 124 valence electrons. The third kappa shape index (κ3) is 6.53. The highest BCUT2D eigenvalue weighted by Gasteiger charge is 2.24. The second kappa shape index (κ2) is 7.19. The highest BCUT2D eigenvalue weighted by Crippen LogP contribution is 2.20. The van der Waals surface area contributed by atoms with Gasteiger partial charge in [0.25, 0.3) is 0 Å². The van der Waals surface area contributed by atoms with Crippen LogP contribution in [0.5, 0.6) is 0 Å². The van der Waals surface area contributed by atoms with Crippen molar-refractivity contribution >= 4 is 15.8 Å². The van der Waals surface area contributed by atoms with Crippen LogP contribution in [-0.2, 0) is 19.4 Å². The summed E-state index contributed by atoms with van der Waals surface area (Å²) in [6, 6.07) is 5.61. The number of carbonyl (C=O) groups is 1. The van der Waals surface area contributed by atoms with Crippen LogP contribution in [0, 0.1) is 5.82 Å². The van der Waals surface area contributed by atoms with Gasteiger partial charge in [0, 0.05) is 5.56 Å². The molecule has 0 heterocycles. The SMILES string of the molecule is CC(C)(C)OC(=O)CS(=O)(=O)CCC(O)c1ccccc1F. The Balaban J connectivity index is 2.59. The summed E-state index contributed by atoms with van der Waals surface area (Å²) in [6.45, 7) is 4.92. The maximum Gasteiger partial charge on any atom is 0.321 e. The summed E-state index contributed by atoms with van der Waals surface area (Å²) < 4.78 is 42.1. The molecule has 1 atom stereocenters. The molecule has 0 fully saturated rings. The molecule has 5 nitrogen and oxygen atoms in total. The predicted molar refractivity (Wildman–Crippen MR) is 80.5 cm³/mol. The summed E-state index contributed by atoms with van der Waals surface area (Å²) in [4.78, 5) is 11.5. The normalized spacial score (nSPS) is 13.7. The van der Waals surface area contributed by atoms with E-state index in [-0.39, 0.29) is 12.0 Å². The van der Waals surface area contributed by atoms with Crippen LogP contribution in [0.3, 0.4) is 0 Å². The van der Waals surface area contributed by atoms with Gasteiger partial charge in [-0.15, -0.1) is 0 Å². The van der Waals surface area contributed by atoms with Crippen LogP contribution in [0.4, 0.5) is 4.39 Å². The summed E-state index contributed by atoms with van der Waals surface area (Å²) in [5.74, 6) is -2.62. The van der Waals surface area contributed by atoms with E-state index in [1.165, 1.54) is 18.2 Å². The van der Waals surface area contributed by atoms with Gasteiger partial charge in [-0.1, -0.05) is 18.2 Å². The van der Waals surface area contributed by atoms with E-state index in [2.05, 4.69) is 0 Å². The molecule has 1 unspecified atom stereocenters. The van der Waals surface area contributed by atoms with E-state index < -0.39 is 44.8 Å². The zero-order valence-electron chi connectivity index (χ0n) is 12.9.